The maximum absolute atomic E-state index is 11.2. The standard InChI is InChI=1S/C11H13NO2S/c1-15-9-4-2-3-8(11(12)13)10(9)14-7-5-6-7/h2-4,7H,5-6H2,1H3,(H2,12,13). The Morgan fingerprint density at radius 1 is 1.53 bits per heavy atom. The van der Waals surface area contributed by atoms with Crippen molar-refractivity contribution in [2.75, 3.05) is 6.26 Å². The highest BCUT2D eigenvalue weighted by atomic mass is 32.2. The van der Waals surface area contributed by atoms with Crippen molar-refractivity contribution in [2.24, 2.45) is 5.73 Å². The van der Waals surface area contributed by atoms with Crippen LogP contribution in [0.2, 0.25) is 0 Å². The number of carbonyl (C=O) groups excluding carboxylic acids is 1. The van der Waals surface area contributed by atoms with Gasteiger partial charge in [0.05, 0.1) is 11.7 Å². The van der Waals surface area contributed by atoms with Crippen LogP contribution in [0.3, 0.4) is 0 Å². The number of benzene rings is 1. The summed E-state index contributed by atoms with van der Waals surface area (Å²) in [7, 11) is 0. The highest BCUT2D eigenvalue weighted by Gasteiger charge is 2.26. The van der Waals surface area contributed by atoms with Crippen LogP contribution in [0.25, 0.3) is 0 Å². The lowest BCUT2D eigenvalue weighted by atomic mass is 10.2. The Bertz CT molecular complexity index is 388. The molecule has 1 aromatic rings. The van der Waals surface area contributed by atoms with Crippen molar-refractivity contribution in [3.05, 3.63) is 23.8 Å². The molecule has 1 aliphatic carbocycles. The van der Waals surface area contributed by atoms with Gasteiger partial charge in [-0.1, -0.05) is 6.07 Å². The van der Waals surface area contributed by atoms with Gasteiger partial charge in [0.25, 0.3) is 5.91 Å². The lowest BCUT2D eigenvalue weighted by Crippen LogP contribution is -2.14. The van der Waals surface area contributed by atoms with Crippen LogP contribution in [0.1, 0.15) is 23.2 Å². The summed E-state index contributed by atoms with van der Waals surface area (Å²) in [4.78, 5) is 12.2. The topological polar surface area (TPSA) is 52.3 Å². The van der Waals surface area contributed by atoms with Gasteiger partial charge in [-0.3, -0.25) is 4.79 Å². The molecule has 1 fully saturated rings. The predicted molar refractivity (Wildman–Crippen MR) is 60.4 cm³/mol. The van der Waals surface area contributed by atoms with Gasteiger partial charge in [0.1, 0.15) is 5.75 Å². The van der Waals surface area contributed by atoms with Crippen LogP contribution in [0.4, 0.5) is 0 Å². The van der Waals surface area contributed by atoms with Crippen LogP contribution in [0.5, 0.6) is 5.75 Å². The second kappa shape index (κ2) is 4.14. The van der Waals surface area contributed by atoms with Gasteiger partial charge in [-0.15, -0.1) is 11.8 Å². The van der Waals surface area contributed by atoms with Crippen LogP contribution in [0.15, 0.2) is 23.1 Å². The van der Waals surface area contributed by atoms with Gasteiger partial charge < -0.3 is 10.5 Å². The average molecular weight is 223 g/mol. The van der Waals surface area contributed by atoms with Crippen LogP contribution in [0, 0.1) is 0 Å². The number of ether oxygens (including phenoxy) is 1. The Balaban J connectivity index is 2.38. The molecule has 1 aromatic carbocycles. The first-order valence-electron chi connectivity index (χ1n) is 4.86. The van der Waals surface area contributed by atoms with Crippen molar-refractivity contribution in [1.29, 1.82) is 0 Å². The fraction of sp³-hybridized carbons (Fsp3) is 0.364. The molecule has 0 heterocycles. The van der Waals surface area contributed by atoms with E-state index in [1.54, 1.807) is 17.8 Å². The summed E-state index contributed by atoms with van der Waals surface area (Å²) in [5.41, 5.74) is 5.79. The molecule has 0 radical (unpaired) electrons. The molecule has 0 aromatic heterocycles. The van der Waals surface area contributed by atoms with Crippen LogP contribution < -0.4 is 10.5 Å². The van der Waals surface area contributed by atoms with E-state index in [1.807, 2.05) is 18.4 Å². The maximum atomic E-state index is 11.2. The molecule has 0 aliphatic heterocycles. The minimum Gasteiger partial charge on any atom is -0.488 e. The van der Waals surface area contributed by atoms with E-state index in [4.69, 9.17) is 10.5 Å². The molecule has 0 saturated heterocycles. The molecule has 0 atom stereocenters. The Hall–Kier alpha value is -1.16. The zero-order chi connectivity index (χ0) is 10.8. The first-order chi connectivity index (χ1) is 7.22. The van der Waals surface area contributed by atoms with Gasteiger partial charge in [0.2, 0.25) is 0 Å². The third kappa shape index (κ3) is 2.26. The van der Waals surface area contributed by atoms with E-state index in [9.17, 15) is 4.79 Å². The van der Waals surface area contributed by atoms with Crippen LogP contribution in [-0.2, 0) is 0 Å². The number of nitrogens with two attached hydrogens (primary N) is 1. The molecular weight excluding hydrogens is 210 g/mol. The highest BCUT2D eigenvalue weighted by Crippen LogP contribution is 2.35. The largest absolute Gasteiger partial charge is 0.488 e. The number of rotatable bonds is 4. The van der Waals surface area contributed by atoms with Gasteiger partial charge in [-0.05, 0) is 31.2 Å². The molecule has 80 valence electrons. The predicted octanol–water partition coefficient (Wildman–Crippen LogP) is 2.05. The Morgan fingerprint density at radius 2 is 2.27 bits per heavy atom. The molecule has 1 saturated carbocycles. The van der Waals surface area contributed by atoms with Crippen LogP contribution in [-0.4, -0.2) is 18.3 Å². The van der Waals surface area contributed by atoms with E-state index >= 15 is 0 Å². The Labute approximate surface area is 93.0 Å². The monoisotopic (exact) mass is 223 g/mol. The third-order valence-corrected chi connectivity index (χ3v) is 3.03. The Morgan fingerprint density at radius 3 is 2.80 bits per heavy atom. The van der Waals surface area contributed by atoms with Gasteiger partial charge in [-0.2, -0.15) is 0 Å². The Kier molecular flexibility index (Phi) is 2.86. The molecule has 4 heteroatoms. The lowest BCUT2D eigenvalue weighted by Gasteiger charge is -2.12. The molecule has 0 unspecified atom stereocenters. The first kappa shape index (κ1) is 10.4. The zero-order valence-corrected chi connectivity index (χ0v) is 9.34. The summed E-state index contributed by atoms with van der Waals surface area (Å²) in [6, 6.07) is 5.47. The first-order valence-corrected chi connectivity index (χ1v) is 6.08. The van der Waals surface area contributed by atoms with Crippen molar-refractivity contribution in [3.8, 4) is 5.75 Å². The van der Waals surface area contributed by atoms with Crippen molar-refractivity contribution >= 4 is 17.7 Å². The molecule has 0 bridgehead atoms. The highest BCUT2D eigenvalue weighted by molar-refractivity contribution is 7.98. The number of amides is 1. The summed E-state index contributed by atoms with van der Waals surface area (Å²) in [5.74, 6) is 0.224. The molecule has 15 heavy (non-hydrogen) atoms. The molecule has 2 rings (SSSR count). The van der Waals surface area contributed by atoms with Crippen molar-refractivity contribution < 1.29 is 9.53 Å². The molecular formula is C11H13NO2S. The number of hydrogen-bond acceptors (Lipinski definition) is 3. The van der Waals surface area contributed by atoms with Crippen molar-refractivity contribution in [1.82, 2.24) is 0 Å². The van der Waals surface area contributed by atoms with Gasteiger partial charge in [0.15, 0.2) is 0 Å². The van der Waals surface area contributed by atoms with Crippen LogP contribution >= 0.6 is 11.8 Å². The van der Waals surface area contributed by atoms with E-state index in [0.717, 1.165) is 17.7 Å². The second-order valence-corrected chi connectivity index (χ2v) is 4.37. The summed E-state index contributed by atoms with van der Waals surface area (Å²) in [6.07, 6.45) is 4.37. The van der Waals surface area contributed by atoms with Crippen molar-refractivity contribution in [2.45, 2.75) is 23.8 Å². The fourth-order valence-corrected chi connectivity index (χ4v) is 1.90. The normalized spacial score (nSPS) is 15.0. The molecule has 2 N–H and O–H groups in total. The summed E-state index contributed by atoms with van der Waals surface area (Å²) >= 11 is 1.56. The van der Waals surface area contributed by atoms with E-state index in [0.29, 0.717) is 11.3 Å². The number of primary amides is 1. The molecule has 3 nitrogen and oxygen atoms in total. The summed E-state index contributed by atoms with van der Waals surface area (Å²) < 4.78 is 5.72. The quantitative estimate of drug-likeness (QED) is 0.795. The fourth-order valence-electron chi connectivity index (χ4n) is 1.34. The number of hydrogen-bond donors (Lipinski definition) is 1. The van der Waals surface area contributed by atoms with Gasteiger partial charge in [-0.25, -0.2) is 0 Å². The number of thioether (sulfide) groups is 1. The summed E-state index contributed by atoms with van der Waals surface area (Å²) in [5, 5.41) is 0. The van der Waals surface area contributed by atoms with Crippen molar-refractivity contribution in [3.63, 3.8) is 0 Å². The average Bonchev–Trinajstić information content (AvgIpc) is 3.01. The van der Waals surface area contributed by atoms with E-state index in [2.05, 4.69) is 0 Å². The molecule has 1 aliphatic rings. The van der Waals surface area contributed by atoms with Gasteiger partial charge >= 0.3 is 0 Å². The third-order valence-electron chi connectivity index (χ3n) is 2.27. The number of para-hydroxylation sites is 1. The maximum Gasteiger partial charge on any atom is 0.252 e. The minimum absolute atomic E-state index is 0.274. The molecule has 0 spiro atoms. The summed E-state index contributed by atoms with van der Waals surface area (Å²) in [6.45, 7) is 0. The van der Waals surface area contributed by atoms with E-state index in [-0.39, 0.29) is 6.10 Å². The van der Waals surface area contributed by atoms with Gasteiger partial charge in [0, 0.05) is 4.90 Å². The number of carbonyl (C=O) groups is 1. The molecule has 1 amide bonds. The minimum atomic E-state index is -0.429. The van der Waals surface area contributed by atoms with E-state index in [1.165, 1.54) is 0 Å². The smallest absolute Gasteiger partial charge is 0.252 e. The second-order valence-electron chi connectivity index (χ2n) is 3.52. The zero-order valence-electron chi connectivity index (χ0n) is 8.53. The van der Waals surface area contributed by atoms with E-state index < -0.39 is 5.91 Å². The SMILES string of the molecule is CSc1cccc(C(N)=O)c1OC1CC1. The lowest BCUT2D eigenvalue weighted by molar-refractivity contribution is 0.0995.